The molecule has 0 saturated heterocycles. The van der Waals surface area contributed by atoms with Crippen molar-refractivity contribution in [1.82, 2.24) is 10.2 Å². The van der Waals surface area contributed by atoms with Gasteiger partial charge in [-0.1, -0.05) is 11.3 Å². The Morgan fingerprint density at radius 1 is 1.19 bits per heavy atom. The first-order chi connectivity index (χ1) is 10.0. The fraction of sp³-hybridized carbons (Fsp3) is 0.267. The average Bonchev–Trinajstić information content (AvgIpc) is 2.88. The lowest BCUT2D eigenvalue weighted by atomic mass is 10.1. The van der Waals surface area contributed by atoms with E-state index in [0.717, 1.165) is 21.2 Å². The van der Waals surface area contributed by atoms with Crippen LogP contribution in [-0.2, 0) is 6.61 Å². The molecule has 0 N–H and O–H groups in total. The minimum absolute atomic E-state index is 0.0877. The Morgan fingerprint density at radius 3 is 2.71 bits per heavy atom. The summed E-state index contributed by atoms with van der Waals surface area (Å²) in [7, 11) is 0. The Bertz CT molecular complexity index is 867. The number of hydrogen-bond donors (Lipinski definition) is 0. The topological polar surface area (TPSA) is 65.2 Å². The number of hydrogen-bond acceptors (Lipinski definition) is 6. The Labute approximate surface area is 125 Å². The van der Waals surface area contributed by atoms with E-state index in [1.165, 1.54) is 11.3 Å². The standard InChI is InChI=1S/C15H14N2O3S/c1-8-9(2)15(18)21-13-6-11(4-5-12(8)13)19-7-14-17-16-10(3)20-14/h4-6H,7H2,1-3H3. The predicted octanol–water partition coefficient (Wildman–Crippen LogP) is 3.15. The van der Waals surface area contributed by atoms with Crippen LogP contribution in [0.4, 0.5) is 0 Å². The molecule has 108 valence electrons. The van der Waals surface area contributed by atoms with E-state index in [1.54, 1.807) is 6.92 Å². The van der Waals surface area contributed by atoms with Crippen LogP contribution < -0.4 is 9.48 Å². The zero-order chi connectivity index (χ0) is 15.0. The molecule has 0 atom stereocenters. The van der Waals surface area contributed by atoms with E-state index in [1.807, 2.05) is 32.0 Å². The molecule has 0 spiro atoms. The van der Waals surface area contributed by atoms with E-state index < -0.39 is 0 Å². The molecule has 6 heteroatoms. The summed E-state index contributed by atoms with van der Waals surface area (Å²) in [6.07, 6.45) is 0. The van der Waals surface area contributed by atoms with E-state index in [0.29, 0.717) is 17.5 Å². The van der Waals surface area contributed by atoms with Crippen LogP contribution in [0, 0.1) is 20.8 Å². The van der Waals surface area contributed by atoms with Gasteiger partial charge in [-0.2, -0.15) is 0 Å². The van der Waals surface area contributed by atoms with Gasteiger partial charge in [-0.15, -0.1) is 10.2 Å². The fourth-order valence-electron chi connectivity index (χ4n) is 2.06. The van der Waals surface area contributed by atoms with Crippen molar-refractivity contribution in [3.63, 3.8) is 0 Å². The Hall–Kier alpha value is -2.21. The van der Waals surface area contributed by atoms with Crippen molar-refractivity contribution in [3.8, 4) is 5.75 Å². The third kappa shape index (κ3) is 2.67. The van der Waals surface area contributed by atoms with Crippen LogP contribution in [0.5, 0.6) is 5.75 Å². The minimum Gasteiger partial charge on any atom is -0.484 e. The molecular formula is C15H14N2O3S. The van der Waals surface area contributed by atoms with Crippen LogP contribution in [0.3, 0.4) is 0 Å². The highest BCUT2D eigenvalue weighted by molar-refractivity contribution is 7.16. The summed E-state index contributed by atoms with van der Waals surface area (Å²) in [5.41, 5.74) is 1.83. The number of benzene rings is 1. The Balaban J connectivity index is 1.90. The molecule has 0 aliphatic rings. The molecule has 0 aliphatic heterocycles. The van der Waals surface area contributed by atoms with Crippen LogP contribution in [0.25, 0.3) is 10.1 Å². The number of aryl methyl sites for hydroxylation is 2. The molecule has 0 fully saturated rings. The molecule has 0 radical (unpaired) electrons. The predicted molar refractivity (Wildman–Crippen MR) is 80.9 cm³/mol. The van der Waals surface area contributed by atoms with Gasteiger partial charge < -0.3 is 9.15 Å². The first kappa shape index (κ1) is 13.8. The van der Waals surface area contributed by atoms with Gasteiger partial charge in [-0.3, -0.25) is 4.79 Å². The summed E-state index contributed by atoms with van der Waals surface area (Å²) in [6, 6.07) is 5.73. The summed E-state index contributed by atoms with van der Waals surface area (Å²) in [5, 5.41) is 8.70. The summed E-state index contributed by atoms with van der Waals surface area (Å²) >= 11 is 1.24. The van der Waals surface area contributed by atoms with Gasteiger partial charge in [-0.25, -0.2) is 0 Å². The summed E-state index contributed by atoms with van der Waals surface area (Å²) < 4.78 is 11.9. The van der Waals surface area contributed by atoms with Crippen LogP contribution in [0.1, 0.15) is 22.9 Å². The normalized spacial score (nSPS) is 11.0. The van der Waals surface area contributed by atoms with E-state index in [9.17, 15) is 4.79 Å². The molecular weight excluding hydrogens is 288 g/mol. The van der Waals surface area contributed by atoms with E-state index in [-0.39, 0.29) is 11.3 Å². The maximum atomic E-state index is 11.9. The van der Waals surface area contributed by atoms with Crippen molar-refractivity contribution in [1.29, 1.82) is 0 Å². The average molecular weight is 302 g/mol. The summed E-state index contributed by atoms with van der Waals surface area (Å²) in [4.78, 5) is 11.9. The van der Waals surface area contributed by atoms with Crippen LogP contribution in [0.15, 0.2) is 27.4 Å². The van der Waals surface area contributed by atoms with Gasteiger partial charge in [0.2, 0.25) is 10.6 Å². The van der Waals surface area contributed by atoms with Crippen molar-refractivity contribution < 1.29 is 9.15 Å². The quantitative estimate of drug-likeness (QED) is 0.743. The highest BCUT2D eigenvalue weighted by Crippen LogP contribution is 2.26. The second-order valence-corrected chi connectivity index (χ2v) is 5.82. The van der Waals surface area contributed by atoms with Crippen molar-refractivity contribution in [2.24, 2.45) is 0 Å². The summed E-state index contributed by atoms with van der Waals surface area (Å²) in [6.45, 7) is 5.77. The third-order valence-electron chi connectivity index (χ3n) is 3.36. The molecule has 0 aliphatic carbocycles. The number of fused-ring (bicyclic) bond motifs is 1. The molecule has 5 nitrogen and oxygen atoms in total. The fourth-order valence-corrected chi connectivity index (χ4v) is 3.07. The number of aromatic nitrogens is 2. The van der Waals surface area contributed by atoms with Gasteiger partial charge in [0.25, 0.3) is 5.89 Å². The van der Waals surface area contributed by atoms with Crippen LogP contribution >= 0.6 is 11.3 Å². The van der Waals surface area contributed by atoms with Crippen molar-refractivity contribution >= 4 is 21.4 Å². The molecule has 2 aromatic heterocycles. The smallest absolute Gasteiger partial charge is 0.253 e. The van der Waals surface area contributed by atoms with Gasteiger partial charge in [0, 0.05) is 17.2 Å². The van der Waals surface area contributed by atoms with E-state index in [2.05, 4.69) is 10.2 Å². The zero-order valence-corrected chi connectivity index (χ0v) is 12.8. The number of nitrogens with zero attached hydrogens (tertiary/aromatic N) is 2. The molecule has 0 bridgehead atoms. The molecule has 0 saturated carbocycles. The zero-order valence-electron chi connectivity index (χ0n) is 12.0. The first-order valence-electron chi connectivity index (χ1n) is 6.50. The highest BCUT2D eigenvalue weighted by Gasteiger charge is 2.08. The monoisotopic (exact) mass is 302 g/mol. The van der Waals surface area contributed by atoms with E-state index in [4.69, 9.17) is 9.15 Å². The second kappa shape index (κ2) is 5.29. The van der Waals surface area contributed by atoms with E-state index >= 15 is 0 Å². The molecule has 0 amide bonds. The van der Waals surface area contributed by atoms with Gasteiger partial charge in [0.05, 0.1) is 0 Å². The van der Waals surface area contributed by atoms with Gasteiger partial charge in [0.15, 0.2) is 6.61 Å². The maximum Gasteiger partial charge on any atom is 0.253 e. The van der Waals surface area contributed by atoms with Gasteiger partial charge in [-0.05, 0) is 43.0 Å². The SMILES string of the molecule is Cc1nnc(COc2ccc3c(C)c(C)c(=O)sc3c2)o1. The molecule has 21 heavy (non-hydrogen) atoms. The number of rotatable bonds is 3. The second-order valence-electron chi connectivity index (χ2n) is 4.80. The first-order valence-corrected chi connectivity index (χ1v) is 7.32. The Kier molecular flexibility index (Phi) is 3.47. The minimum atomic E-state index is 0.0877. The molecule has 2 heterocycles. The van der Waals surface area contributed by atoms with Crippen LogP contribution in [0.2, 0.25) is 0 Å². The third-order valence-corrected chi connectivity index (χ3v) is 4.41. The Morgan fingerprint density at radius 2 is 2.00 bits per heavy atom. The largest absolute Gasteiger partial charge is 0.484 e. The van der Waals surface area contributed by atoms with Crippen molar-refractivity contribution in [2.75, 3.05) is 0 Å². The molecule has 3 rings (SSSR count). The summed E-state index contributed by atoms with van der Waals surface area (Å²) in [5.74, 6) is 1.62. The van der Waals surface area contributed by atoms with Gasteiger partial charge in [0.1, 0.15) is 5.75 Å². The highest BCUT2D eigenvalue weighted by atomic mass is 32.1. The van der Waals surface area contributed by atoms with Crippen LogP contribution in [-0.4, -0.2) is 10.2 Å². The lowest BCUT2D eigenvalue weighted by Gasteiger charge is -2.07. The van der Waals surface area contributed by atoms with Crippen molar-refractivity contribution in [2.45, 2.75) is 27.4 Å². The lowest BCUT2D eigenvalue weighted by Crippen LogP contribution is -2.02. The molecule has 1 aromatic carbocycles. The lowest BCUT2D eigenvalue weighted by molar-refractivity contribution is 0.261. The maximum absolute atomic E-state index is 11.9. The number of ether oxygens (including phenoxy) is 1. The molecule has 0 unspecified atom stereocenters. The van der Waals surface area contributed by atoms with Crippen molar-refractivity contribution in [3.05, 3.63) is 50.6 Å². The van der Waals surface area contributed by atoms with Gasteiger partial charge >= 0.3 is 0 Å². The molecule has 3 aromatic rings.